The first-order valence-corrected chi connectivity index (χ1v) is 6.13. The Kier molecular flexibility index (Phi) is 5.15. The van der Waals surface area contributed by atoms with Crippen LogP contribution in [0.4, 0.5) is 5.69 Å². The van der Waals surface area contributed by atoms with Gasteiger partial charge < -0.3 is 5.32 Å². The largest absolute Gasteiger partial charge is 0.344 e. The molecule has 0 aliphatic carbocycles. The van der Waals surface area contributed by atoms with Crippen LogP contribution in [0.5, 0.6) is 0 Å². The van der Waals surface area contributed by atoms with Crippen LogP contribution in [0.2, 0.25) is 5.02 Å². The average Bonchev–Trinajstić information content (AvgIpc) is 2.42. The lowest BCUT2D eigenvalue weighted by molar-refractivity contribution is 1.36. The Labute approximate surface area is 128 Å². The van der Waals surface area contributed by atoms with E-state index in [0.717, 1.165) is 0 Å². The van der Waals surface area contributed by atoms with Crippen molar-refractivity contribution < 1.29 is 0 Å². The van der Waals surface area contributed by atoms with Crippen molar-refractivity contribution in [3.8, 4) is 24.3 Å². The predicted molar refractivity (Wildman–Crippen MR) is 76.4 cm³/mol. The second-order valence-corrected chi connectivity index (χ2v) is 4.70. The number of rotatable bonds is 2. The minimum atomic E-state index is -0.321. The maximum Gasteiger partial charge on any atom is 0.163 e. The van der Waals surface area contributed by atoms with E-state index < -0.39 is 0 Å². The first-order valence-electron chi connectivity index (χ1n) is 4.68. The third kappa shape index (κ3) is 3.36. The van der Waals surface area contributed by atoms with Gasteiger partial charge in [-0.25, -0.2) is 0 Å². The summed E-state index contributed by atoms with van der Waals surface area (Å²) >= 11 is 7.83. The Morgan fingerprint density at radius 3 is 2.21 bits per heavy atom. The van der Waals surface area contributed by atoms with Gasteiger partial charge in [0.1, 0.15) is 30.0 Å². The van der Waals surface area contributed by atoms with Gasteiger partial charge in [-0.3, -0.25) is 0 Å². The minimum absolute atomic E-state index is 0.163. The second kappa shape index (κ2) is 6.61. The Balaban J connectivity index is 3.30. The quantitative estimate of drug-likeness (QED) is 0.627. The second-order valence-electron chi connectivity index (χ2n) is 3.13. The van der Waals surface area contributed by atoms with Crippen LogP contribution in [-0.2, 0) is 0 Å². The summed E-state index contributed by atoms with van der Waals surface area (Å²) in [6.45, 7) is 0. The number of hydrogen-bond donors (Lipinski definition) is 1. The van der Waals surface area contributed by atoms with Crippen molar-refractivity contribution in [1.82, 2.24) is 0 Å². The van der Waals surface area contributed by atoms with Crippen molar-refractivity contribution in [3.63, 3.8) is 0 Å². The molecule has 0 heterocycles. The van der Waals surface area contributed by atoms with E-state index in [0.29, 0.717) is 14.8 Å². The number of nitrogens with zero attached hydrogens (tertiary/aromatic N) is 4. The molecule has 0 spiro atoms. The zero-order chi connectivity index (χ0) is 14.4. The average molecular weight is 380 g/mol. The summed E-state index contributed by atoms with van der Waals surface area (Å²) in [4.78, 5) is 0. The summed E-state index contributed by atoms with van der Waals surface area (Å²) in [5, 5.41) is 38.1. The van der Waals surface area contributed by atoms with E-state index in [1.807, 2.05) is 28.7 Å². The maximum atomic E-state index is 8.92. The molecule has 19 heavy (non-hydrogen) atoms. The number of halogens is 2. The number of anilines is 1. The molecule has 1 N–H and O–H groups in total. The molecule has 0 atom stereocenters. The van der Waals surface area contributed by atoms with E-state index >= 15 is 0 Å². The van der Waals surface area contributed by atoms with Gasteiger partial charge in [-0.05, 0) is 34.7 Å². The van der Waals surface area contributed by atoms with Crippen molar-refractivity contribution in [2.45, 2.75) is 0 Å². The van der Waals surface area contributed by atoms with Gasteiger partial charge in [0.25, 0.3) is 0 Å². The molecular formula is C12H3ClIN5. The molecule has 1 rings (SSSR count). The molecule has 0 aromatic heterocycles. The highest BCUT2D eigenvalue weighted by Crippen LogP contribution is 2.27. The van der Waals surface area contributed by atoms with Gasteiger partial charge >= 0.3 is 0 Å². The van der Waals surface area contributed by atoms with Gasteiger partial charge in [-0.2, -0.15) is 21.0 Å². The molecule has 0 radical (unpaired) electrons. The van der Waals surface area contributed by atoms with Crippen LogP contribution in [0.1, 0.15) is 5.56 Å². The van der Waals surface area contributed by atoms with Gasteiger partial charge in [-0.1, -0.05) is 11.6 Å². The molecule has 0 aliphatic heterocycles. The molecule has 1 aromatic rings. The fourth-order valence-corrected chi connectivity index (χ4v) is 1.95. The van der Waals surface area contributed by atoms with E-state index in [1.165, 1.54) is 6.07 Å². The summed E-state index contributed by atoms with van der Waals surface area (Å²) in [6, 6.07) is 9.92. The standard InChI is InChI=1S/C12H3ClIN5/c13-9-2-11(10(14)1-7(9)3-15)19-12(6-18)8(4-16)5-17/h1-2,19H. The van der Waals surface area contributed by atoms with E-state index in [4.69, 9.17) is 32.6 Å². The van der Waals surface area contributed by atoms with Crippen molar-refractivity contribution in [3.05, 3.63) is 37.6 Å². The highest BCUT2D eigenvalue weighted by Gasteiger charge is 2.11. The molecular weight excluding hydrogens is 377 g/mol. The molecule has 7 heteroatoms. The summed E-state index contributed by atoms with van der Waals surface area (Å²) in [5.74, 6) is 0. The Morgan fingerprint density at radius 2 is 1.74 bits per heavy atom. The molecule has 0 aliphatic rings. The lowest BCUT2D eigenvalue weighted by Gasteiger charge is -2.08. The molecule has 0 unspecified atom stereocenters. The fraction of sp³-hybridized carbons (Fsp3) is 0. The first kappa shape index (κ1) is 14.8. The van der Waals surface area contributed by atoms with Gasteiger partial charge in [-0.15, -0.1) is 0 Å². The summed E-state index contributed by atoms with van der Waals surface area (Å²) < 4.78 is 0.640. The molecule has 90 valence electrons. The maximum absolute atomic E-state index is 8.92. The normalized spacial score (nSPS) is 8.32. The van der Waals surface area contributed by atoms with Gasteiger partial charge in [0.15, 0.2) is 5.57 Å². The topological polar surface area (TPSA) is 107 Å². The summed E-state index contributed by atoms with van der Waals surface area (Å²) in [6.07, 6.45) is 0. The molecule has 1 aromatic carbocycles. The third-order valence-corrected chi connectivity index (χ3v) is 3.23. The van der Waals surface area contributed by atoms with Crippen LogP contribution < -0.4 is 5.32 Å². The van der Waals surface area contributed by atoms with Crippen molar-refractivity contribution in [2.75, 3.05) is 5.32 Å². The molecule has 5 nitrogen and oxygen atoms in total. The van der Waals surface area contributed by atoms with E-state index in [9.17, 15) is 0 Å². The SMILES string of the molecule is N#CC(C#N)=C(C#N)Nc1cc(Cl)c(C#N)cc1I. The monoisotopic (exact) mass is 379 g/mol. The van der Waals surface area contributed by atoms with Gasteiger partial charge in [0.2, 0.25) is 0 Å². The first-order chi connectivity index (χ1) is 9.07. The molecule has 0 fully saturated rings. The smallest absolute Gasteiger partial charge is 0.163 e. The number of nitriles is 4. The minimum Gasteiger partial charge on any atom is -0.344 e. The molecule has 0 amide bonds. The molecule has 0 saturated carbocycles. The molecule has 0 bridgehead atoms. The highest BCUT2D eigenvalue weighted by molar-refractivity contribution is 14.1. The number of hydrogen-bond acceptors (Lipinski definition) is 5. The van der Waals surface area contributed by atoms with Crippen LogP contribution in [0.3, 0.4) is 0 Å². The molecule has 0 saturated heterocycles. The van der Waals surface area contributed by atoms with Crippen LogP contribution in [0.25, 0.3) is 0 Å². The number of allylic oxidation sites excluding steroid dienone is 2. The van der Waals surface area contributed by atoms with E-state index in [-0.39, 0.29) is 16.3 Å². The zero-order valence-corrected chi connectivity index (χ0v) is 12.1. The fourth-order valence-electron chi connectivity index (χ4n) is 1.15. The zero-order valence-electron chi connectivity index (χ0n) is 9.20. The van der Waals surface area contributed by atoms with Crippen molar-refractivity contribution in [2.24, 2.45) is 0 Å². The van der Waals surface area contributed by atoms with E-state index in [2.05, 4.69) is 5.32 Å². The van der Waals surface area contributed by atoms with Crippen LogP contribution >= 0.6 is 34.2 Å². The van der Waals surface area contributed by atoms with Crippen LogP contribution in [0, 0.1) is 48.9 Å². The number of benzene rings is 1. The number of nitrogens with one attached hydrogen (secondary N) is 1. The summed E-state index contributed by atoms with van der Waals surface area (Å²) in [5.41, 5.74) is 0.270. The predicted octanol–water partition coefficient (Wildman–Crippen LogP) is 3.05. The van der Waals surface area contributed by atoms with Crippen molar-refractivity contribution in [1.29, 1.82) is 21.0 Å². The van der Waals surface area contributed by atoms with E-state index in [1.54, 1.807) is 24.3 Å². The van der Waals surface area contributed by atoms with Crippen LogP contribution in [-0.4, -0.2) is 0 Å². The van der Waals surface area contributed by atoms with Gasteiger partial charge in [0.05, 0.1) is 16.3 Å². The van der Waals surface area contributed by atoms with Crippen LogP contribution in [0.15, 0.2) is 23.4 Å². The van der Waals surface area contributed by atoms with Gasteiger partial charge in [0, 0.05) is 3.57 Å². The lowest BCUT2D eigenvalue weighted by Crippen LogP contribution is -2.02. The third-order valence-electron chi connectivity index (χ3n) is 2.02. The summed E-state index contributed by atoms with van der Waals surface area (Å²) in [7, 11) is 0. The Hall–Kier alpha value is -2.26. The lowest BCUT2D eigenvalue weighted by atomic mass is 10.2. The Bertz CT molecular complexity index is 709. The highest BCUT2D eigenvalue weighted by atomic mass is 127. The Morgan fingerprint density at radius 1 is 1.11 bits per heavy atom. The van der Waals surface area contributed by atoms with Crippen molar-refractivity contribution >= 4 is 39.9 Å².